The third-order valence-corrected chi connectivity index (χ3v) is 4.09. The Kier molecular flexibility index (Phi) is 3.59. The zero-order chi connectivity index (χ0) is 14.3. The van der Waals surface area contributed by atoms with Gasteiger partial charge in [-0.25, -0.2) is 4.39 Å². The average molecular weight is 313 g/mol. The zero-order valence-electron chi connectivity index (χ0n) is 10.3. The number of rotatable bonds is 1. The number of benzene rings is 2. The maximum absolute atomic E-state index is 13.2. The molecule has 2 atom stereocenters. The SMILES string of the molecule is O[C@H]1CC(c2ccc(Cl)c(Cl)c2)Oc2ccc(F)cc21. The predicted molar refractivity (Wildman–Crippen MR) is 75.8 cm³/mol. The van der Waals surface area contributed by atoms with Crippen LogP contribution in [0.25, 0.3) is 0 Å². The average Bonchev–Trinajstić information content (AvgIpc) is 2.42. The normalized spacial score (nSPS) is 21.2. The molecule has 1 heterocycles. The molecule has 2 aromatic rings. The van der Waals surface area contributed by atoms with E-state index in [1.165, 1.54) is 18.2 Å². The minimum absolute atomic E-state index is 0.335. The first-order valence-corrected chi connectivity index (χ1v) is 6.89. The first kappa shape index (κ1) is 13.7. The molecule has 104 valence electrons. The summed E-state index contributed by atoms with van der Waals surface area (Å²) < 4.78 is 19.0. The molecule has 2 nitrogen and oxygen atoms in total. The van der Waals surface area contributed by atoms with Crippen LogP contribution < -0.4 is 4.74 Å². The Morgan fingerprint density at radius 1 is 1.10 bits per heavy atom. The van der Waals surface area contributed by atoms with Gasteiger partial charge in [0.15, 0.2) is 0 Å². The second kappa shape index (κ2) is 5.24. The number of aliphatic hydroxyl groups excluding tert-OH is 1. The fraction of sp³-hybridized carbons (Fsp3) is 0.200. The Bertz CT molecular complexity index is 660. The molecule has 2 aromatic carbocycles. The molecule has 0 bridgehead atoms. The highest BCUT2D eigenvalue weighted by Crippen LogP contribution is 2.41. The van der Waals surface area contributed by atoms with E-state index in [0.29, 0.717) is 27.8 Å². The maximum Gasteiger partial charge on any atom is 0.127 e. The van der Waals surface area contributed by atoms with Crippen molar-refractivity contribution in [2.24, 2.45) is 0 Å². The minimum atomic E-state index is -0.770. The summed E-state index contributed by atoms with van der Waals surface area (Å²) in [7, 11) is 0. The summed E-state index contributed by atoms with van der Waals surface area (Å²) >= 11 is 11.9. The molecule has 20 heavy (non-hydrogen) atoms. The monoisotopic (exact) mass is 312 g/mol. The number of ether oxygens (including phenoxy) is 1. The Labute approximate surface area is 125 Å². The van der Waals surface area contributed by atoms with Crippen molar-refractivity contribution >= 4 is 23.2 Å². The fourth-order valence-corrected chi connectivity index (χ4v) is 2.64. The first-order valence-electron chi connectivity index (χ1n) is 6.13. The van der Waals surface area contributed by atoms with Crippen LogP contribution in [0.3, 0.4) is 0 Å². The topological polar surface area (TPSA) is 29.5 Å². The molecular formula is C15H11Cl2FO2. The van der Waals surface area contributed by atoms with Crippen LogP contribution in [-0.2, 0) is 0 Å². The van der Waals surface area contributed by atoms with Gasteiger partial charge in [-0.15, -0.1) is 0 Å². The number of aliphatic hydroxyl groups is 1. The van der Waals surface area contributed by atoms with Gasteiger partial charge in [0.1, 0.15) is 17.7 Å². The second-order valence-electron chi connectivity index (χ2n) is 4.71. The molecule has 1 aliphatic rings. The summed E-state index contributed by atoms with van der Waals surface area (Å²) in [4.78, 5) is 0. The van der Waals surface area contributed by atoms with Gasteiger partial charge in [0.05, 0.1) is 16.1 Å². The van der Waals surface area contributed by atoms with E-state index in [-0.39, 0.29) is 11.9 Å². The van der Waals surface area contributed by atoms with Crippen LogP contribution in [0.4, 0.5) is 4.39 Å². The van der Waals surface area contributed by atoms with Crippen molar-refractivity contribution in [1.82, 2.24) is 0 Å². The van der Waals surface area contributed by atoms with Gasteiger partial charge in [0.25, 0.3) is 0 Å². The van der Waals surface area contributed by atoms with E-state index in [4.69, 9.17) is 27.9 Å². The Morgan fingerprint density at radius 2 is 1.90 bits per heavy atom. The molecule has 5 heteroatoms. The van der Waals surface area contributed by atoms with Crippen LogP contribution >= 0.6 is 23.2 Å². The highest BCUT2D eigenvalue weighted by atomic mass is 35.5. The summed E-state index contributed by atoms with van der Waals surface area (Å²) in [5, 5.41) is 11.0. The lowest BCUT2D eigenvalue weighted by Crippen LogP contribution is -2.19. The number of halogens is 3. The lowest BCUT2D eigenvalue weighted by molar-refractivity contribution is 0.0653. The molecule has 1 N–H and O–H groups in total. The van der Waals surface area contributed by atoms with E-state index in [1.54, 1.807) is 18.2 Å². The van der Waals surface area contributed by atoms with Crippen LogP contribution in [-0.4, -0.2) is 5.11 Å². The summed E-state index contributed by atoms with van der Waals surface area (Å²) in [5.74, 6) is 0.0978. The van der Waals surface area contributed by atoms with Gasteiger partial charge in [-0.2, -0.15) is 0 Å². The minimum Gasteiger partial charge on any atom is -0.485 e. The smallest absolute Gasteiger partial charge is 0.127 e. The molecular weight excluding hydrogens is 302 g/mol. The molecule has 0 aromatic heterocycles. The van der Waals surface area contributed by atoms with Gasteiger partial charge in [0, 0.05) is 12.0 Å². The molecule has 1 aliphatic heterocycles. The maximum atomic E-state index is 13.2. The molecule has 0 aliphatic carbocycles. The highest BCUT2D eigenvalue weighted by molar-refractivity contribution is 6.42. The van der Waals surface area contributed by atoms with Crippen molar-refractivity contribution in [3.05, 3.63) is 63.4 Å². The van der Waals surface area contributed by atoms with Gasteiger partial charge >= 0.3 is 0 Å². The van der Waals surface area contributed by atoms with Crippen LogP contribution in [0.2, 0.25) is 10.0 Å². The van der Waals surface area contributed by atoms with E-state index >= 15 is 0 Å². The van der Waals surface area contributed by atoms with E-state index in [0.717, 1.165) is 5.56 Å². The Hall–Kier alpha value is -1.29. The molecule has 0 saturated heterocycles. The van der Waals surface area contributed by atoms with Gasteiger partial charge in [-0.3, -0.25) is 0 Å². The van der Waals surface area contributed by atoms with Crippen LogP contribution in [0.15, 0.2) is 36.4 Å². The van der Waals surface area contributed by atoms with E-state index in [2.05, 4.69) is 0 Å². The van der Waals surface area contributed by atoms with Crippen molar-refractivity contribution in [3.8, 4) is 5.75 Å². The summed E-state index contributed by atoms with van der Waals surface area (Å²) in [6.45, 7) is 0. The molecule has 0 saturated carbocycles. The fourth-order valence-electron chi connectivity index (χ4n) is 2.33. The molecule has 0 fully saturated rings. The number of hydrogen-bond acceptors (Lipinski definition) is 2. The molecule has 0 radical (unpaired) electrons. The summed E-state index contributed by atoms with van der Waals surface area (Å²) in [5.41, 5.74) is 1.30. The van der Waals surface area contributed by atoms with Crippen molar-refractivity contribution in [2.75, 3.05) is 0 Å². The van der Waals surface area contributed by atoms with Crippen molar-refractivity contribution in [1.29, 1.82) is 0 Å². The van der Waals surface area contributed by atoms with E-state index < -0.39 is 6.10 Å². The zero-order valence-corrected chi connectivity index (χ0v) is 11.8. The van der Waals surface area contributed by atoms with Crippen molar-refractivity contribution < 1.29 is 14.2 Å². The Morgan fingerprint density at radius 3 is 2.65 bits per heavy atom. The van der Waals surface area contributed by atoms with Gasteiger partial charge < -0.3 is 9.84 Å². The quantitative estimate of drug-likeness (QED) is 0.827. The highest BCUT2D eigenvalue weighted by Gasteiger charge is 2.28. The molecule has 3 rings (SSSR count). The van der Waals surface area contributed by atoms with Crippen LogP contribution in [0.5, 0.6) is 5.75 Å². The van der Waals surface area contributed by atoms with E-state index in [9.17, 15) is 9.50 Å². The third-order valence-electron chi connectivity index (χ3n) is 3.35. The lowest BCUT2D eigenvalue weighted by atomic mass is 9.95. The van der Waals surface area contributed by atoms with Crippen LogP contribution in [0.1, 0.15) is 29.8 Å². The second-order valence-corrected chi connectivity index (χ2v) is 5.53. The standard InChI is InChI=1S/C15H11Cl2FO2/c16-11-3-1-8(5-12(11)17)15-7-13(19)10-6-9(18)2-4-14(10)20-15/h1-6,13,15,19H,7H2/t13-,15?/m0/s1. The summed E-state index contributed by atoms with van der Waals surface area (Å²) in [6, 6.07) is 9.34. The largest absolute Gasteiger partial charge is 0.485 e. The third kappa shape index (κ3) is 2.49. The first-order chi connectivity index (χ1) is 9.54. The molecule has 0 spiro atoms. The Balaban J connectivity index is 1.94. The predicted octanol–water partition coefficient (Wildman–Crippen LogP) is 4.69. The van der Waals surface area contributed by atoms with E-state index in [1.807, 2.05) is 0 Å². The molecule has 1 unspecified atom stereocenters. The molecule has 0 amide bonds. The number of hydrogen-bond donors (Lipinski definition) is 1. The van der Waals surface area contributed by atoms with Crippen molar-refractivity contribution in [3.63, 3.8) is 0 Å². The van der Waals surface area contributed by atoms with Crippen LogP contribution in [0, 0.1) is 5.82 Å². The van der Waals surface area contributed by atoms with Crippen molar-refractivity contribution in [2.45, 2.75) is 18.6 Å². The number of fused-ring (bicyclic) bond motifs is 1. The van der Waals surface area contributed by atoms with Gasteiger partial charge in [-0.05, 0) is 35.9 Å². The van der Waals surface area contributed by atoms with Gasteiger partial charge in [-0.1, -0.05) is 29.3 Å². The summed E-state index contributed by atoms with van der Waals surface area (Å²) in [6.07, 6.45) is -0.763. The lowest BCUT2D eigenvalue weighted by Gasteiger charge is -2.30. The van der Waals surface area contributed by atoms with Gasteiger partial charge in [0.2, 0.25) is 0 Å².